The average Bonchev–Trinajstić information content (AvgIpc) is 2.93. The first-order valence-electron chi connectivity index (χ1n) is 8.70. The van der Waals surface area contributed by atoms with E-state index in [4.69, 9.17) is 4.74 Å². The van der Waals surface area contributed by atoms with Gasteiger partial charge in [0, 0.05) is 10.5 Å². The first-order chi connectivity index (χ1) is 12.0. The summed E-state index contributed by atoms with van der Waals surface area (Å²) < 4.78 is 6.63. The van der Waals surface area contributed by atoms with E-state index in [1.807, 2.05) is 18.2 Å². The molecule has 5 nitrogen and oxygen atoms in total. The molecule has 1 aromatic rings. The van der Waals surface area contributed by atoms with Gasteiger partial charge in [-0.1, -0.05) is 54.1 Å². The number of hydrogen-bond donors (Lipinski definition) is 1. The fourth-order valence-electron chi connectivity index (χ4n) is 3.62. The molecule has 1 aliphatic carbocycles. The minimum absolute atomic E-state index is 0.203. The number of ether oxygens (including phenoxy) is 1. The third-order valence-electron chi connectivity index (χ3n) is 4.88. The Bertz CT molecular complexity index is 682. The first kappa shape index (κ1) is 18.0. The van der Waals surface area contributed by atoms with Crippen molar-refractivity contribution >= 4 is 27.8 Å². The molecule has 1 aromatic carbocycles. The summed E-state index contributed by atoms with van der Waals surface area (Å²) >= 11 is 3.38. The topological polar surface area (TPSA) is 66.8 Å². The molecular formula is C19H22BrNO4. The molecular weight excluding hydrogens is 386 g/mol. The molecule has 2 aliphatic rings. The summed E-state index contributed by atoms with van der Waals surface area (Å²) in [5.74, 6) is 0.273. The van der Waals surface area contributed by atoms with E-state index in [1.54, 1.807) is 6.07 Å². The monoisotopic (exact) mass is 407 g/mol. The van der Waals surface area contributed by atoms with E-state index in [0.29, 0.717) is 23.8 Å². The van der Waals surface area contributed by atoms with Crippen molar-refractivity contribution in [1.82, 2.24) is 4.90 Å². The van der Waals surface area contributed by atoms with Gasteiger partial charge in [-0.3, -0.25) is 4.79 Å². The highest BCUT2D eigenvalue weighted by Crippen LogP contribution is 2.30. The molecule has 1 N–H and O–H groups in total. The van der Waals surface area contributed by atoms with Gasteiger partial charge in [0.15, 0.2) is 0 Å². The molecule has 1 aliphatic heterocycles. The van der Waals surface area contributed by atoms with Gasteiger partial charge in [0.2, 0.25) is 0 Å². The Balaban J connectivity index is 1.65. The Morgan fingerprint density at radius 1 is 1.32 bits per heavy atom. The van der Waals surface area contributed by atoms with Crippen LogP contribution >= 0.6 is 15.9 Å². The van der Waals surface area contributed by atoms with Crippen molar-refractivity contribution in [3.63, 3.8) is 0 Å². The van der Waals surface area contributed by atoms with Crippen LogP contribution in [0.4, 0.5) is 0 Å². The van der Waals surface area contributed by atoms with Crippen molar-refractivity contribution in [1.29, 1.82) is 0 Å². The molecule has 0 spiro atoms. The highest BCUT2D eigenvalue weighted by Gasteiger charge is 2.36. The molecule has 0 aromatic heterocycles. The Kier molecular flexibility index (Phi) is 5.78. The normalized spacial score (nSPS) is 19.6. The lowest BCUT2D eigenvalue weighted by Gasteiger charge is -2.30. The highest BCUT2D eigenvalue weighted by molar-refractivity contribution is 9.10. The van der Waals surface area contributed by atoms with Gasteiger partial charge in [-0.15, -0.1) is 0 Å². The van der Waals surface area contributed by atoms with Gasteiger partial charge < -0.3 is 14.7 Å². The molecule has 134 valence electrons. The number of aliphatic carboxylic acids is 1. The smallest absolute Gasteiger partial charge is 0.326 e. The van der Waals surface area contributed by atoms with Crippen LogP contribution in [0, 0.1) is 5.92 Å². The molecule has 6 heteroatoms. The van der Waals surface area contributed by atoms with Crippen LogP contribution in [0.2, 0.25) is 0 Å². The molecule has 1 amide bonds. The minimum Gasteiger partial charge on any atom is -0.480 e. The zero-order valence-corrected chi connectivity index (χ0v) is 15.6. The molecule has 1 saturated carbocycles. The summed E-state index contributed by atoms with van der Waals surface area (Å²) in [6.45, 7) is 0.203. The highest BCUT2D eigenvalue weighted by atomic mass is 79.9. The predicted octanol–water partition coefficient (Wildman–Crippen LogP) is 3.98. The molecule has 3 rings (SSSR count). The second-order valence-corrected chi connectivity index (χ2v) is 7.65. The number of nitrogens with zero attached hydrogens (tertiary/aromatic N) is 1. The van der Waals surface area contributed by atoms with Crippen molar-refractivity contribution in [2.45, 2.75) is 44.6 Å². The molecule has 0 unspecified atom stereocenters. The molecule has 0 saturated heterocycles. The van der Waals surface area contributed by atoms with Gasteiger partial charge in [-0.2, -0.15) is 0 Å². The predicted molar refractivity (Wildman–Crippen MR) is 97.2 cm³/mol. The molecule has 0 bridgehead atoms. The maximum absolute atomic E-state index is 12.3. The van der Waals surface area contributed by atoms with E-state index in [9.17, 15) is 14.7 Å². The van der Waals surface area contributed by atoms with Crippen LogP contribution in [0.3, 0.4) is 0 Å². The molecule has 1 fully saturated rings. The third kappa shape index (κ3) is 4.63. The SMILES string of the molecule is O=C(O)[C@H](CC1CCCCC1)N1CC(Oc2cccc(Br)c2)=CC1=O. The van der Waals surface area contributed by atoms with Gasteiger partial charge >= 0.3 is 5.97 Å². The minimum atomic E-state index is -0.934. The number of halogens is 1. The first-order valence-corrected chi connectivity index (χ1v) is 9.49. The van der Waals surface area contributed by atoms with Crippen molar-refractivity contribution in [3.8, 4) is 5.75 Å². The van der Waals surface area contributed by atoms with Gasteiger partial charge in [0.25, 0.3) is 5.91 Å². The van der Waals surface area contributed by atoms with Crippen molar-refractivity contribution < 1.29 is 19.4 Å². The van der Waals surface area contributed by atoms with Crippen LogP contribution in [0.15, 0.2) is 40.6 Å². The second kappa shape index (κ2) is 8.04. The van der Waals surface area contributed by atoms with Gasteiger partial charge in [0.1, 0.15) is 17.6 Å². The Morgan fingerprint density at radius 3 is 2.76 bits per heavy atom. The van der Waals surface area contributed by atoms with Crippen LogP contribution in [-0.4, -0.2) is 34.5 Å². The largest absolute Gasteiger partial charge is 0.480 e. The van der Waals surface area contributed by atoms with E-state index in [0.717, 1.165) is 30.2 Å². The van der Waals surface area contributed by atoms with Crippen molar-refractivity contribution in [2.24, 2.45) is 5.92 Å². The molecule has 1 atom stereocenters. The molecule has 0 radical (unpaired) electrons. The van der Waals surface area contributed by atoms with Crippen molar-refractivity contribution in [2.75, 3.05) is 6.54 Å². The summed E-state index contributed by atoms with van der Waals surface area (Å²) in [6.07, 6.45) is 7.57. The van der Waals surface area contributed by atoms with E-state index in [-0.39, 0.29) is 12.5 Å². The fourth-order valence-corrected chi connectivity index (χ4v) is 4.00. The van der Waals surface area contributed by atoms with Crippen molar-refractivity contribution in [3.05, 3.63) is 40.6 Å². The van der Waals surface area contributed by atoms with E-state index in [1.165, 1.54) is 17.4 Å². The number of benzene rings is 1. The van der Waals surface area contributed by atoms with Gasteiger partial charge in [-0.25, -0.2) is 4.79 Å². The number of hydrogen-bond acceptors (Lipinski definition) is 3. The fraction of sp³-hybridized carbons (Fsp3) is 0.474. The quantitative estimate of drug-likeness (QED) is 0.774. The van der Waals surface area contributed by atoms with Crippen LogP contribution in [-0.2, 0) is 9.59 Å². The second-order valence-electron chi connectivity index (χ2n) is 6.73. The zero-order valence-electron chi connectivity index (χ0n) is 14.0. The number of amides is 1. The van der Waals surface area contributed by atoms with E-state index < -0.39 is 12.0 Å². The number of rotatable bonds is 6. The van der Waals surface area contributed by atoms with E-state index in [2.05, 4.69) is 15.9 Å². The maximum Gasteiger partial charge on any atom is 0.326 e. The molecule has 1 heterocycles. The lowest BCUT2D eigenvalue weighted by molar-refractivity contribution is -0.148. The zero-order chi connectivity index (χ0) is 17.8. The molecule has 25 heavy (non-hydrogen) atoms. The number of carboxylic acid groups (broad SMARTS) is 1. The lowest BCUT2D eigenvalue weighted by atomic mass is 9.84. The Labute approximate surface area is 155 Å². The van der Waals surface area contributed by atoms with E-state index >= 15 is 0 Å². The Hall–Kier alpha value is -1.82. The summed E-state index contributed by atoms with van der Waals surface area (Å²) in [6, 6.07) is 6.56. The summed E-state index contributed by atoms with van der Waals surface area (Å²) in [4.78, 5) is 25.5. The summed E-state index contributed by atoms with van der Waals surface area (Å²) in [5, 5.41) is 9.63. The third-order valence-corrected chi connectivity index (χ3v) is 5.37. The van der Waals surface area contributed by atoms with Crippen LogP contribution < -0.4 is 4.74 Å². The number of carbonyl (C=O) groups excluding carboxylic acids is 1. The Morgan fingerprint density at radius 2 is 2.08 bits per heavy atom. The number of carboxylic acids is 1. The van der Waals surface area contributed by atoms with Crippen LogP contribution in [0.1, 0.15) is 38.5 Å². The summed E-state index contributed by atoms with van der Waals surface area (Å²) in [7, 11) is 0. The van der Waals surface area contributed by atoms with Gasteiger partial charge in [-0.05, 0) is 30.5 Å². The standard InChI is InChI=1S/C19H22BrNO4/c20-14-7-4-8-15(10-14)25-16-11-18(22)21(12-16)17(19(23)24)9-13-5-2-1-3-6-13/h4,7-8,10-11,13,17H,1-3,5-6,9,12H2,(H,23,24)/t17-/m0/s1. The summed E-state index contributed by atoms with van der Waals surface area (Å²) in [5.41, 5.74) is 0. The van der Waals surface area contributed by atoms with Gasteiger partial charge in [0.05, 0.1) is 6.54 Å². The van der Waals surface area contributed by atoms with Crippen LogP contribution in [0.5, 0.6) is 5.75 Å². The lowest BCUT2D eigenvalue weighted by Crippen LogP contribution is -2.44. The van der Waals surface area contributed by atoms with Crippen LogP contribution in [0.25, 0.3) is 0 Å². The number of carbonyl (C=O) groups is 2. The average molecular weight is 408 g/mol. The maximum atomic E-state index is 12.3.